The standard InChI is InChI=1S/C49H52Cl3F2N5O5/c1-46(2,3)25-38-49(27-56,34-18-14-30(50)23-37(34)53)39(33-9-8-10-35(51)40(33)54)41(58-38)43(61)57-19-20-62-21-22-63-31-15-11-28(12-16-31)42(60)59-44-47(4,5)45(48(44,6)7)64-32-17-13-29(26-55)36(52)24-32/h8-18,23-24,38-39,41,44-45,58H,19-22,25H2,1-7H3,(H,57,61)(H,59,60)/t38-,39?,41?,44-,45-,49-/m0/s1. The number of hydrogen-bond donors (Lipinski definition) is 3. The van der Waals surface area contributed by atoms with Crippen molar-refractivity contribution in [2.45, 2.75) is 90.4 Å². The van der Waals surface area contributed by atoms with Crippen LogP contribution in [0.1, 0.15) is 87.9 Å². The number of nitriles is 2. The minimum atomic E-state index is -1.74. The lowest BCUT2D eigenvalue weighted by Crippen LogP contribution is -2.74. The Kier molecular flexibility index (Phi) is 14.6. The fourth-order valence-corrected chi connectivity index (χ4v) is 10.3. The van der Waals surface area contributed by atoms with Crippen LogP contribution in [0.15, 0.2) is 78.9 Å². The van der Waals surface area contributed by atoms with Crippen LogP contribution in [0.4, 0.5) is 8.78 Å². The van der Waals surface area contributed by atoms with Gasteiger partial charge in [-0.3, -0.25) is 9.59 Å². The molecular weight excluding hydrogens is 883 g/mol. The first-order valence-electron chi connectivity index (χ1n) is 21.0. The first-order valence-corrected chi connectivity index (χ1v) is 22.1. The smallest absolute Gasteiger partial charge is 0.251 e. The largest absolute Gasteiger partial charge is 0.491 e. The zero-order chi connectivity index (χ0) is 46.8. The third kappa shape index (κ3) is 9.83. The van der Waals surface area contributed by atoms with Crippen LogP contribution < -0.4 is 25.4 Å². The van der Waals surface area contributed by atoms with Crippen LogP contribution in [0.25, 0.3) is 0 Å². The van der Waals surface area contributed by atoms with Gasteiger partial charge in [0, 0.05) is 57.6 Å². The van der Waals surface area contributed by atoms with E-state index in [4.69, 9.17) is 49.0 Å². The first kappa shape index (κ1) is 48.5. The summed E-state index contributed by atoms with van der Waals surface area (Å²) in [6, 6.07) is 22.4. The van der Waals surface area contributed by atoms with Crippen LogP contribution in [-0.4, -0.2) is 62.4 Å². The topological polar surface area (TPSA) is 146 Å². The summed E-state index contributed by atoms with van der Waals surface area (Å²) >= 11 is 18.6. The number of carbonyl (C=O) groups is 2. The molecule has 0 aromatic heterocycles. The van der Waals surface area contributed by atoms with Gasteiger partial charge in [0.15, 0.2) is 0 Å². The lowest BCUT2D eigenvalue weighted by Gasteiger charge is -2.63. The summed E-state index contributed by atoms with van der Waals surface area (Å²) in [5.74, 6) is -2.40. The molecule has 10 nitrogen and oxygen atoms in total. The maximum atomic E-state index is 15.9. The van der Waals surface area contributed by atoms with Crippen LogP contribution in [0.3, 0.4) is 0 Å². The molecule has 1 aliphatic heterocycles. The van der Waals surface area contributed by atoms with E-state index < -0.39 is 51.8 Å². The minimum absolute atomic E-state index is 0.00259. The molecule has 6 rings (SSSR count). The van der Waals surface area contributed by atoms with Gasteiger partial charge in [-0.25, -0.2) is 8.78 Å². The predicted molar refractivity (Wildman–Crippen MR) is 243 cm³/mol. The summed E-state index contributed by atoms with van der Waals surface area (Å²) in [5, 5.41) is 29.8. The van der Waals surface area contributed by atoms with E-state index in [1.807, 2.05) is 54.5 Å². The Morgan fingerprint density at radius 3 is 2.17 bits per heavy atom. The van der Waals surface area contributed by atoms with Gasteiger partial charge in [-0.15, -0.1) is 0 Å². The highest BCUT2D eigenvalue weighted by atomic mass is 35.5. The van der Waals surface area contributed by atoms with Crippen molar-refractivity contribution < 1.29 is 32.6 Å². The Balaban J connectivity index is 1.02. The fourth-order valence-electron chi connectivity index (χ4n) is 9.75. The molecule has 64 heavy (non-hydrogen) atoms. The number of halogens is 5. The molecule has 338 valence electrons. The summed E-state index contributed by atoms with van der Waals surface area (Å²) in [6.45, 7) is 14.6. The molecule has 4 aromatic carbocycles. The van der Waals surface area contributed by atoms with E-state index in [0.29, 0.717) is 34.1 Å². The average molecular weight is 935 g/mol. The van der Waals surface area contributed by atoms with Crippen molar-refractivity contribution >= 4 is 46.6 Å². The van der Waals surface area contributed by atoms with Crippen molar-refractivity contribution in [3.63, 3.8) is 0 Å². The van der Waals surface area contributed by atoms with Crippen molar-refractivity contribution in [3.05, 3.63) is 128 Å². The van der Waals surface area contributed by atoms with Crippen LogP contribution >= 0.6 is 34.8 Å². The lowest BCUT2D eigenvalue weighted by molar-refractivity contribution is -0.164. The second-order valence-electron chi connectivity index (χ2n) is 18.8. The van der Waals surface area contributed by atoms with Crippen molar-refractivity contribution in [2.75, 3.05) is 26.4 Å². The summed E-state index contributed by atoms with van der Waals surface area (Å²) in [4.78, 5) is 27.4. The zero-order valence-electron chi connectivity index (χ0n) is 36.8. The second kappa shape index (κ2) is 19.3. The van der Waals surface area contributed by atoms with Crippen LogP contribution in [0.5, 0.6) is 11.5 Å². The predicted octanol–water partition coefficient (Wildman–Crippen LogP) is 9.94. The Bertz CT molecular complexity index is 2450. The molecule has 1 heterocycles. The highest BCUT2D eigenvalue weighted by Gasteiger charge is 2.64. The fraction of sp³-hybridized carbons (Fsp3) is 0.429. The number of amides is 2. The molecule has 4 atom stereocenters. The molecule has 2 fully saturated rings. The van der Waals surface area contributed by atoms with Crippen LogP contribution in [0, 0.1) is 50.5 Å². The van der Waals surface area contributed by atoms with Gasteiger partial charge in [-0.1, -0.05) is 101 Å². The molecule has 1 saturated carbocycles. The van der Waals surface area contributed by atoms with Crippen LogP contribution in [-0.2, 0) is 14.9 Å². The molecular formula is C49H52Cl3F2N5O5. The van der Waals surface area contributed by atoms with Gasteiger partial charge in [0.25, 0.3) is 5.91 Å². The normalized spacial score (nSPS) is 23.2. The minimum Gasteiger partial charge on any atom is -0.491 e. The van der Waals surface area contributed by atoms with E-state index in [0.717, 1.165) is 6.07 Å². The van der Waals surface area contributed by atoms with Gasteiger partial charge >= 0.3 is 0 Å². The van der Waals surface area contributed by atoms with Crippen LogP contribution in [0.2, 0.25) is 15.1 Å². The average Bonchev–Trinajstić information content (AvgIpc) is 3.55. The maximum absolute atomic E-state index is 15.9. The number of rotatable bonds is 15. The molecule has 0 bridgehead atoms. The van der Waals surface area contributed by atoms with E-state index in [1.165, 1.54) is 30.3 Å². The molecule has 15 heteroatoms. The SMILES string of the molecule is CC(C)(C)C[C@@H]1NC(C(=O)NCCOCCOc2ccc(C(=O)N[C@H]3C(C)(C)[C@H](Oc4ccc(C#N)c(Cl)c4)C3(C)C)cc2)C(c2cccc(Cl)c2F)[C@@]1(C#N)c1ccc(Cl)cc1F. The number of hydrogen-bond acceptors (Lipinski definition) is 8. The van der Waals surface area contributed by atoms with E-state index in [1.54, 1.807) is 42.5 Å². The third-order valence-electron chi connectivity index (χ3n) is 12.3. The molecule has 2 amide bonds. The van der Waals surface area contributed by atoms with E-state index in [-0.39, 0.29) is 71.0 Å². The highest BCUT2D eigenvalue weighted by molar-refractivity contribution is 6.32. The summed E-state index contributed by atoms with van der Waals surface area (Å²) in [6.07, 6.45) is 0.103. The highest BCUT2D eigenvalue weighted by Crippen LogP contribution is 2.56. The molecule has 0 radical (unpaired) electrons. The second-order valence-corrected chi connectivity index (χ2v) is 20.0. The maximum Gasteiger partial charge on any atom is 0.251 e. The van der Waals surface area contributed by atoms with E-state index in [9.17, 15) is 20.1 Å². The number of nitrogens with one attached hydrogen (secondary N) is 3. The number of benzene rings is 4. The van der Waals surface area contributed by atoms with E-state index in [2.05, 4.69) is 22.0 Å². The molecule has 2 aliphatic rings. The Hall–Kier alpha value is -4.95. The monoisotopic (exact) mass is 933 g/mol. The molecule has 3 N–H and O–H groups in total. The number of carbonyl (C=O) groups excluding carboxylic acids is 2. The van der Waals surface area contributed by atoms with Gasteiger partial charge in [0.2, 0.25) is 5.91 Å². The van der Waals surface area contributed by atoms with E-state index >= 15 is 8.78 Å². The quantitative estimate of drug-likeness (QED) is 0.1000. The summed E-state index contributed by atoms with van der Waals surface area (Å²) in [7, 11) is 0. The number of ether oxygens (including phenoxy) is 3. The van der Waals surface area contributed by atoms with Crippen molar-refractivity contribution in [2.24, 2.45) is 16.2 Å². The molecule has 2 unspecified atom stereocenters. The van der Waals surface area contributed by atoms with Gasteiger partial charge in [0.1, 0.15) is 47.3 Å². The lowest BCUT2D eigenvalue weighted by atomic mass is 9.49. The van der Waals surface area contributed by atoms with Gasteiger partial charge in [-0.2, -0.15) is 10.5 Å². The van der Waals surface area contributed by atoms with Gasteiger partial charge < -0.3 is 30.2 Å². The Labute approximate surface area is 388 Å². The Morgan fingerprint density at radius 1 is 0.859 bits per heavy atom. The zero-order valence-corrected chi connectivity index (χ0v) is 39.0. The number of nitrogens with zero attached hydrogens (tertiary/aromatic N) is 2. The van der Waals surface area contributed by atoms with Crippen molar-refractivity contribution in [1.29, 1.82) is 10.5 Å². The Morgan fingerprint density at radius 2 is 1.55 bits per heavy atom. The molecule has 4 aromatic rings. The summed E-state index contributed by atoms with van der Waals surface area (Å²) in [5.41, 5.74) is -2.13. The van der Waals surface area contributed by atoms with Gasteiger partial charge in [0.05, 0.1) is 40.9 Å². The van der Waals surface area contributed by atoms with Gasteiger partial charge in [-0.05, 0) is 72.0 Å². The third-order valence-corrected chi connectivity index (χ3v) is 13.2. The molecule has 0 spiro atoms. The molecule has 1 saturated heterocycles. The summed E-state index contributed by atoms with van der Waals surface area (Å²) < 4.78 is 49.8. The van der Waals surface area contributed by atoms with Crippen molar-refractivity contribution in [3.8, 4) is 23.6 Å². The molecule has 1 aliphatic carbocycles. The van der Waals surface area contributed by atoms with Crippen molar-refractivity contribution in [1.82, 2.24) is 16.0 Å². The first-order chi connectivity index (χ1) is 30.1.